The van der Waals surface area contributed by atoms with Crippen LogP contribution in [0.25, 0.3) is 0 Å². The lowest BCUT2D eigenvalue weighted by Crippen LogP contribution is -2.44. The molecule has 1 aliphatic heterocycles. The summed E-state index contributed by atoms with van der Waals surface area (Å²) in [6.45, 7) is 5.69. The second-order valence-electron chi connectivity index (χ2n) is 6.13. The minimum Gasteiger partial charge on any atom is -0.357 e. The Kier molecular flexibility index (Phi) is 5.83. The number of aliphatic imine (C=N–C) groups is 1. The molecule has 2 heterocycles. The number of aromatic nitrogens is 2. The molecule has 1 fully saturated rings. The van der Waals surface area contributed by atoms with E-state index in [0.29, 0.717) is 43.6 Å². The summed E-state index contributed by atoms with van der Waals surface area (Å²) in [5.74, 6) is 2.01. The highest BCUT2D eigenvalue weighted by Gasteiger charge is 2.31. The van der Waals surface area contributed by atoms with Crippen LogP contribution in [0.5, 0.6) is 0 Å². The van der Waals surface area contributed by atoms with Crippen molar-refractivity contribution in [3.05, 3.63) is 42.0 Å². The number of nitrogens with one attached hydrogen (secondary N) is 2. The minimum atomic E-state index is 0.0196. The number of nitrogens with zero attached hydrogens (tertiary/aromatic N) is 4. The van der Waals surface area contributed by atoms with Gasteiger partial charge in [-0.05, 0) is 26.0 Å². The Hall–Kier alpha value is -2.90. The highest BCUT2D eigenvalue weighted by molar-refractivity contribution is 5.97. The van der Waals surface area contributed by atoms with Gasteiger partial charge in [-0.2, -0.15) is 4.98 Å². The molecule has 1 aromatic heterocycles. The molecular formula is C18H24N6O2. The van der Waals surface area contributed by atoms with Crippen LogP contribution in [0.1, 0.15) is 25.1 Å². The van der Waals surface area contributed by atoms with E-state index in [1.165, 1.54) is 0 Å². The van der Waals surface area contributed by atoms with Crippen molar-refractivity contribution in [3.8, 4) is 0 Å². The first-order valence-electron chi connectivity index (χ1n) is 8.85. The van der Waals surface area contributed by atoms with Gasteiger partial charge < -0.3 is 20.1 Å². The fraction of sp³-hybridized carbons (Fsp3) is 0.444. The third-order valence-electron chi connectivity index (χ3n) is 4.04. The molecule has 1 aromatic carbocycles. The summed E-state index contributed by atoms with van der Waals surface area (Å²) in [4.78, 5) is 22.8. The maximum Gasteiger partial charge on any atom is 0.229 e. The normalized spacial score (nSPS) is 17.6. The van der Waals surface area contributed by atoms with Crippen LogP contribution in [-0.2, 0) is 11.2 Å². The van der Waals surface area contributed by atoms with Gasteiger partial charge in [0.25, 0.3) is 0 Å². The number of aryl methyl sites for hydroxylation is 1. The van der Waals surface area contributed by atoms with Crippen molar-refractivity contribution in [1.82, 2.24) is 20.8 Å². The van der Waals surface area contributed by atoms with E-state index in [1.807, 2.05) is 42.2 Å². The molecule has 8 nitrogen and oxygen atoms in total. The average molecular weight is 356 g/mol. The van der Waals surface area contributed by atoms with Crippen molar-refractivity contribution in [1.29, 1.82) is 0 Å². The van der Waals surface area contributed by atoms with Gasteiger partial charge in [-0.1, -0.05) is 23.4 Å². The van der Waals surface area contributed by atoms with Gasteiger partial charge in [-0.25, -0.2) is 0 Å². The van der Waals surface area contributed by atoms with Gasteiger partial charge >= 0.3 is 0 Å². The van der Waals surface area contributed by atoms with Gasteiger partial charge in [-0.15, -0.1) is 0 Å². The summed E-state index contributed by atoms with van der Waals surface area (Å²) in [6.07, 6.45) is 1.03. The molecule has 1 atom stereocenters. The number of rotatable bonds is 6. The van der Waals surface area contributed by atoms with Crippen LogP contribution in [0, 0.1) is 6.92 Å². The molecule has 0 bridgehead atoms. The molecule has 0 spiro atoms. The smallest absolute Gasteiger partial charge is 0.229 e. The van der Waals surface area contributed by atoms with Crippen molar-refractivity contribution in [3.63, 3.8) is 0 Å². The number of carbonyl (C=O) groups is 1. The minimum absolute atomic E-state index is 0.0196. The van der Waals surface area contributed by atoms with Crippen LogP contribution in [0.3, 0.4) is 0 Å². The summed E-state index contributed by atoms with van der Waals surface area (Å²) < 4.78 is 5.09. The SMILES string of the molecule is CCNC(=NCCc1nc(C)no1)NC1CC(=O)N(c2ccccc2)C1. The van der Waals surface area contributed by atoms with Gasteiger partial charge in [0, 0.05) is 31.6 Å². The highest BCUT2D eigenvalue weighted by atomic mass is 16.5. The Morgan fingerprint density at radius 1 is 1.38 bits per heavy atom. The summed E-state index contributed by atoms with van der Waals surface area (Å²) in [7, 11) is 0. The molecule has 1 aliphatic rings. The largest absolute Gasteiger partial charge is 0.357 e. The number of guanidine groups is 1. The van der Waals surface area contributed by atoms with Gasteiger partial charge in [0.1, 0.15) is 0 Å². The molecule has 0 saturated carbocycles. The second-order valence-corrected chi connectivity index (χ2v) is 6.13. The molecule has 1 unspecified atom stereocenters. The lowest BCUT2D eigenvalue weighted by molar-refractivity contribution is -0.117. The van der Waals surface area contributed by atoms with Crippen LogP contribution in [0.15, 0.2) is 39.8 Å². The van der Waals surface area contributed by atoms with E-state index in [1.54, 1.807) is 6.92 Å². The van der Waals surface area contributed by atoms with Crippen molar-refractivity contribution in [2.45, 2.75) is 32.7 Å². The number of amides is 1. The quantitative estimate of drug-likeness (QED) is 0.598. The molecular weight excluding hydrogens is 332 g/mol. The average Bonchev–Trinajstić information content (AvgIpc) is 3.21. The standard InChI is InChI=1S/C18H24N6O2/c1-3-19-18(20-10-9-16-21-13(2)23-26-16)22-14-11-17(25)24(12-14)15-7-5-4-6-8-15/h4-8,14H,3,9-12H2,1-2H3,(H2,19,20,22). The Bertz CT molecular complexity index is 758. The first-order chi connectivity index (χ1) is 12.7. The number of benzene rings is 1. The Morgan fingerprint density at radius 3 is 2.88 bits per heavy atom. The topological polar surface area (TPSA) is 95.6 Å². The zero-order valence-corrected chi connectivity index (χ0v) is 15.1. The van der Waals surface area contributed by atoms with E-state index in [4.69, 9.17) is 4.52 Å². The first-order valence-corrected chi connectivity index (χ1v) is 8.85. The van der Waals surface area contributed by atoms with Crippen molar-refractivity contribution < 1.29 is 9.32 Å². The van der Waals surface area contributed by atoms with E-state index in [9.17, 15) is 4.79 Å². The lowest BCUT2D eigenvalue weighted by atomic mass is 10.2. The molecule has 2 N–H and O–H groups in total. The first kappa shape index (κ1) is 17.9. The molecule has 0 aliphatic carbocycles. The van der Waals surface area contributed by atoms with Crippen molar-refractivity contribution >= 4 is 17.6 Å². The third kappa shape index (κ3) is 4.59. The van der Waals surface area contributed by atoms with E-state index in [0.717, 1.165) is 12.2 Å². The molecule has 2 aromatic rings. The lowest BCUT2D eigenvalue weighted by Gasteiger charge is -2.18. The molecule has 1 amide bonds. The van der Waals surface area contributed by atoms with Gasteiger partial charge in [0.15, 0.2) is 11.8 Å². The monoisotopic (exact) mass is 356 g/mol. The van der Waals surface area contributed by atoms with Gasteiger partial charge in [0.2, 0.25) is 11.8 Å². The zero-order valence-electron chi connectivity index (χ0n) is 15.1. The van der Waals surface area contributed by atoms with Crippen LogP contribution in [0.2, 0.25) is 0 Å². The van der Waals surface area contributed by atoms with Crippen LogP contribution in [0.4, 0.5) is 5.69 Å². The summed E-state index contributed by atoms with van der Waals surface area (Å²) in [6, 6.07) is 9.74. The van der Waals surface area contributed by atoms with Crippen LogP contribution < -0.4 is 15.5 Å². The number of anilines is 1. The third-order valence-corrected chi connectivity index (χ3v) is 4.04. The molecule has 138 valence electrons. The van der Waals surface area contributed by atoms with Crippen LogP contribution >= 0.6 is 0 Å². The predicted octanol–water partition coefficient (Wildman–Crippen LogP) is 1.28. The Labute approximate surface area is 152 Å². The van der Waals surface area contributed by atoms with Crippen molar-refractivity contribution in [2.24, 2.45) is 4.99 Å². The number of hydrogen-bond donors (Lipinski definition) is 2. The Balaban J connectivity index is 1.57. The van der Waals surface area contributed by atoms with E-state index < -0.39 is 0 Å². The van der Waals surface area contributed by atoms with Gasteiger partial charge in [-0.3, -0.25) is 9.79 Å². The van der Waals surface area contributed by atoms with Crippen molar-refractivity contribution in [2.75, 3.05) is 24.5 Å². The molecule has 3 rings (SSSR count). The fourth-order valence-corrected chi connectivity index (χ4v) is 2.88. The van der Waals surface area contributed by atoms with E-state index >= 15 is 0 Å². The predicted molar refractivity (Wildman–Crippen MR) is 99.1 cm³/mol. The number of hydrogen-bond acceptors (Lipinski definition) is 5. The molecule has 26 heavy (non-hydrogen) atoms. The fourth-order valence-electron chi connectivity index (χ4n) is 2.88. The zero-order chi connectivity index (χ0) is 18.4. The Morgan fingerprint density at radius 2 is 2.19 bits per heavy atom. The van der Waals surface area contributed by atoms with E-state index in [-0.39, 0.29) is 11.9 Å². The number of para-hydroxylation sites is 1. The highest BCUT2D eigenvalue weighted by Crippen LogP contribution is 2.20. The van der Waals surface area contributed by atoms with Gasteiger partial charge in [0.05, 0.1) is 12.6 Å². The maximum absolute atomic E-state index is 12.3. The molecule has 1 saturated heterocycles. The maximum atomic E-state index is 12.3. The van der Waals surface area contributed by atoms with E-state index in [2.05, 4.69) is 25.8 Å². The summed E-state index contributed by atoms with van der Waals surface area (Å²) in [5.41, 5.74) is 0.926. The summed E-state index contributed by atoms with van der Waals surface area (Å²) in [5, 5.41) is 10.3. The summed E-state index contributed by atoms with van der Waals surface area (Å²) >= 11 is 0. The second kappa shape index (κ2) is 8.46. The molecule has 8 heteroatoms. The van der Waals surface area contributed by atoms with Crippen LogP contribution in [-0.4, -0.2) is 47.7 Å². The molecule has 0 radical (unpaired) electrons. The number of carbonyl (C=O) groups excluding carboxylic acids is 1.